The van der Waals surface area contributed by atoms with E-state index in [0.717, 1.165) is 18.5 Å². The van der Waals surface area contributed by atoms with Crippen LogP contribution in [0.15, 0.2) is 24.3 Å². The number of aryl methyl sites for hydroxylation is 1. The molecule has 0 unspecified atom stereocenters. The third kappa shape index (κ3) is 2.41. The van der Waals surface area contributed by atoms with Crippen LogP contribution in [0.1, 0.15) is 30.4 Å². The molecule has 1 atom stereocenters. The molecule has 1 aromatic rings. The first-order chi connectivity index (χ1) is 8.67. The summed E-state index contributed by atoms with van der Waals surface area (Å²) in [5.74, 6) is 0.152. The average Bonchev–Trinajstić information content (AvgIpc) is 2.98. The van der Waals surface area contributed by atoms with E-state index in [9.17, 15) is 4.79 Å². The van der Waals surface area contributed by atoms with Gasteiger partial charge in [0.15, 0.2) is 0 Å². The van der Waals surface area contributed by atoms with E-state index in [1.807, 2.05) is 0 Å². The zero-order valence-electron chi connectivity index (χ0n) is 10.8. The number of carbonyl (C=O) groups is 1. The van der Waals surface area contributed by atoms with Crippen molar-refractivity contribution >= 4 is 5.91 Å². The minimum atomic E-state index is 0.0259. The standard InChI is InChI=1S/C15H20N2O/c1-11-2-4-12(5-3-11)9-16-14(18)13-8-15(6-7-15)10-17-13/h2-5,13,17H,6-10H2,1H3,(H,16,18)/t13-/m1/s1. The minimum absolute atomic E-state index is 0.0259. The average molecular weight is 244 g/mol. The Hall–Kier alpha value is -1.35. The molecule has 1 amide bonds. The van der Waals surface area contributed by atoms with E-state index >= 15 is 0 Å². The van der Waals surface area contributed by atoms with Gasteiger partial charge in [-0.2, -0.15) is 0 Å². The summed E-state index contributed by atoms with van der Waals surface area (Å²) in [7, 11) is 0. The van der Waals surface area contributed by atoms with Crippen LogP contribution >= 0.6 is 0 Å². The highest BCUT2D eigenvalue weighted by Crippen LogP contribution is 2.51. The predicted molar refractivity (Wildman–Crippen MR) is 71.1 cm³/mol. The number of carbonyl (C=O) groups excluding carboxylic acids is 1. The van der Waals surface area contributed by atoms with E-state index < -0.39 is 0 Å². The molecule has 2 aliphatic rings. The first-order valence-electron chi connectivity index (χ1n) is 6.74. The molecule has 1 heterocycles. The fourth-order valence-corrected chi connectivity index (χ4v) is 2.68. The van der Waals surface area contributed by atoms with Crippen molar-refractivity contribution in [2.75, 3.05) is 6.54 Å². The maximum atomic E-state index is 12.0. The quantitative estimate of drug-likeness (QED) is 0.850. The summed E-state index contributed by atoms with van der Waals surface area (Å²) >= 11 is 0. The predicted octanol–water partition coefficient (Wildman–Crippen LogP) is 1.75. The van der Waals surface area contributed by atoms with Gasteiger partial charge in [-0.05, 0) is 37.2 Å². The lowest BCUT2D eigenvalue weighted by Gasteiger charge is -2.11. The monoisotopic (exact) mass is 244 g/mol. The lowest BCUT2D eigenvalue weighted by molar-refractivity contribution is -0.123. The van der Waals surface area contributed by atoms with Gasteiger partial charge >= 0.3 is 0 Å². The van der Waals surface area contributed by atoms with E-state index in [2.05, 4.69) is 41.8 Å². The number of hydrogen-bond donors (Lipinski definition) is 2. The molecule has 1 saturated heterocycles. The molecule has 0 aromatic heterocycles. The van der Waals surface area contributed by atoms with Gasteiger partial charge in [0.2, 0.25) is 5.91 Å². The summed E-state index contributed by atoms with van der Waals surface area (Å²) < 4.78 is 0. The van der Waals surface area contributed by atoms with Crippen molar-refractivity contribution in [3.63, 3.8) is 0 Å². The summed E-state index contributed by atoms with van der Waals surface area (Å²) in [4.78, 5) is 12.0. The Morgan fingerprint density at radius 2 is 2.11 bits per heavy atom. The van der Waals surface area contributed by atoms with Gasteiger partial charge in [0, 0.05) is 13.1 Å². The topological polar surface area (TPSA) is 41.1 Å². The van der Waals surface area contributed by atoms with E-state index in [4.69, 9.17) is 0 Å². The highest BCUT2D eigenvalue weighted by molar-refractivity contribution is 5.82. The summed E-state index contributed by atoms with van der Waals surface area (Å²) in [6.45, 7) is 3.72. The van der Waals surface area contributed by atoms with Crippen LogP contribution in [0.25, 0.3) is 0 Å². The first-order valence-corrected chi connectivity index (χ1v) is 6.74. The lowest BCUT2D eigenvalue weighted by atomic mass is 10.0. The zero-order valence-corrected chi connectivity index (χ0v) is 10.8. The molecule has 2 N–H and O–H groups in total. The van der Waals surface area contributed by atoms with Crippen LogP contribution in [0, 0.1) is 12.3 Å². The molecule has 0 bridgehead atoms. The van der Waals surface area contributed by atoms with Crippen LogP contribution in [0.5, 0.6) is 0 Å². The molecule has 3 heteroatoms. The van der Waals surface area contributed by atoms with Gasteiger partial charge in [-0.1, -0.05) is 29.8 Å². The van der Waals surface area contributed by atoms with Crippen LogP contribution in [0.3, 0.4) is 0 Å². The van der Waals surface area contributed by atoms with Crippen molar-refractivity contribution in [2.24, 2.45) is 5.41 Å². The molecule has 96 valence electrons. The van der Waals surface area contributed by atoms with Gasteiger partial charge < -0.3 is 10.6 Å². The Bertz CT molecular complexity index is 448. The second kappa shape index (κ2) is 4.39. The number of benzene rings is 1. The largest absolute Gasteiger partial charge is 0.351 e. The molecule has 1 aliphatic heterocycles. The van der Waals surface area contributed by atoms with Crippen LogP contribution < -0.4 is 10.6 Å². The van der Waals surface area contributed by atoms with Crippen LogP contribution in [-0.2, 0) is 11.3 Å². The molecular formula is C15H20N2O. The number of amides is 1. The van der Waals surface area contributed by atoms with Gasteiger partial charge in [0.1, 0.15) is 0 Å². The van der Waals surface area contributed by atoms with Crippen molar-refractivity contribution in [1.29, 1.82) is 0 Å². The fourth-order valence-electron chi connectivity index (χ4n) is 2.68. The summed E-state index contributed by atoms with van der Waals surface area (Å²) in [5.41, 5.74) is 2.89. The number of nitrogens with one attached hydrogen (secondary N) is 2. The van der Waals surface area contributed by atoms with Gasteiger partial charge in [-0.25, -0.2) is 0 Å². The molecular weight excluding hydrogens is 224 g/mol. The molecule has 2 fully saturated rings. The maximum Gasteiger partial charge on any atom is 0.237 e. The van der Waals surface area contributed by atoms with Gasteiger partial charge in [0.05, 0.1) is 6.04 Å². The van der Waals surface area contributed by atoms with E-state index in [0.29, 0.717) is 12.0 Å². The number of rotatable bonds is 3. The molecule has 18 heavy (non-hydrogen) atoms. The summed E-state index contributed by atoms with van der Waals surface area (Å²) in [6, 6.07) is 8.32. The van der Waals surface area contributed by atoms with Crippen molar-refractivity contribution in [2.45, 2.75) is 38.8 Å². The summed E-state index contributed by atoms with van der Waals surface area (Å²) in [6.07, 6.45) is 3.61. The van der Waals surface area contributed by atoms with Crippen LogP contribution in [0.2, 0.25) is 0 Å². The normalized spacial score (nSPS) is 24.2. The smallest absolute Gasteiger partial charge is 0.237 e. The maximum absolute atomic E-state index is 12.0. The van der Waals surface area contributed by atoms with E-state index in [1.54, 1.807) is 0 Å². The SMILES string of the molecule is Cc1ccc(CNC(=O)[C@H]2CC3(CC3)CN2)cc1. The zero-order chi connectivity index (χ0) is 12.6. The number of hydrogen-bond acceptors (Lipinski definition) is 2. The lowest BCUT2D eigenvalue weighted by Crippen LogP contribution is -2.39. The second-order valence-corrected chi connectivity index (χ2v) is 5.84. The van der Waals surface area contributed by atoms with Gasteiger partial charge in [-0.15, -0.1) is 0 Å². The molecule has 1 spiro atoms. The molecule has 0 radical (unpaired) electrons. The van der Waals surface area contributed by atoms with Crippen molar-refractivity contribution in [3.8, 4) is 0 Å². The molecule has 3 nitrogen and oxygen atoms in total. The second-order valence-electron chi connectivity index (χ2n) is 5.84. The highest BCUT2D eigenvalue weighted by atomic mass is 16.2. The van der Waals surface area contributed by atoms with Crippen LogP contribution in [-0.4, -0.2) is 18.5 Å². The Morgan fingerprint density at radius 3 is 2.72 bits per heavy atom. The Balaban J connectivity index is 1.51. The Morgan fingerprint density at radius 1 is 1.39 bits per heavy atom. The van der Waals surface area contributed by atoms with Gasteiger partial charge in [0.25, 0.3) is 0 Å². The minimum Gasteiger partial charge on any atom is -0.351 e. The molecule has 1 aromatic carbocycles. The van der Waals surface area contributed by atoms with Crippen LogP contribution in [0.4, 0.5) is 0 Å². The highest BCUT2D eigenvalue weighted by Gasteiger charge is 2.49. The van der Waals surface area contributed by atoms with Crippen molar-refractivity contribution in [3.05, 3.63) is 35.4 Å². The van der Waals surface area contributed by atoms with Crippen molar-refractivity contribution in [1.82, 2.24) is 10.6 Å². The van der Waals surface area contributed by atoms with E-state index in [-0.39, 0.29) is 11.9 Å². The van der Waals surface area contributed by atoms with Gasteiger partial charge in [-0.3, -0.25) is 4.79 Å². The third-order valence-electron chi connectivity index (χ3n) is 4.22. The molecule has 1 saturated carbocycles. The molecule has 3 rings (SSSR count). The van der Waals surface area contributed by atoms with Crippen molar-refractivity contribution < 1.29 is 4.79 Å². The Labute approximate surface area is 108 Å². The summed E-state index contributed by atoms with van der Waals surface area (Å²) in [5, 5.41) is 6.37. The first kappa shape index (κ1) is 11.7. The van der Waals surface area contributed by atoms with E-state index in [1.165, 1.54) is 18.4 Å². The Kier molecular flexibility index (Phi) is 2.86. The third-order valence-corrected chi connectivity index (χ3v) is 4.22. The molecule has 1 aliphatic carbocycles. The fraction of sp³-hybridized carbons (Fsp3) is 0.533.